The van der Waals surface area contributed by atoms with E-state index in [-0.39, 0.29) is 12.0 Å². The average Bonchev–Trinajstić information content (AvgIpc) is 2.57. The second kappa shape index (κ2) is 6.62. The summed E-state index contributed by atoms with van der Waals surface area (Å²) in [7, 11) is 0. The van der Waals surface area contributed by atoms with Gasteiger partial charge < -0.3 is 14.4 Å². The molecule has 114 valence electrons. The molecular weight excluding hydrogens is 278 g/mol. The standard InChI is InChI=1S/C18H19NO3/c1-14-18(20)19(11-12-21-14)16-7-9-17(10-8-16)22-13-15-5-3-2-4-6-15/h2-10,14H,11-13H2,1H3. The molecule has 3 rings (SSSR count). The summed E-state index contributed by atoms with van der Waals surface area (Å²) < 4.78 is 11.1. The quantitative estimate of drug-likeness (QED) is 0.870. The normalized spacial score (nSPS) is 18.3. The molecule has 1 amide bonds. The maximum absolute atomic E-state index is 12.1. The van der Waals surface area contributed by atoms with E-state index in [4.69, 9.17) is 9.47 Å². The number of benzene rings is 2. The van der Waals surface area contributed by atoms with Crippen LogP contribution in [0.25, 0.3) is 0 Å². The van der Waals surface area contributed by atoms with Gasteiger partial charge in [-0.2, -0.15) is 0 Å². The van der Waals surface area contributed by atoms with E-state index in [1.54, 1.807) is 11.8 Å². The minimum Gasteiger partial charge on any atom is -0.489 e. The van der Waals surface area contributed by atoms with E-state index in [2.05, 4.69) is 0 Å². The zero-order chi connectivity index (χ0) is 15.4. The highest BCUT2D eigenvalue weighted by Crippen LogP contribution is 2.22. The number of rotatable bonds is 4. The number of amides is 1. The summed E-state index contributed by atoms with van der Waals surface area (Å²) in [5.74, 6) is 0.797. The zero-order valence-electron chi connectivity index (χ0n) is 12.6. The lowest BCUT2D eigenvalue weighted by Crippen LogP contribution is -2.46. The summed E-state index contributed by atoms with van der Waals surface area (Å²) in [6.07, 6.45) is -0.372. The van der Waals surface area contributed by atoms with Crippen molar-refractivity contribution in [2.24, 2.45) is 0 Å². The molecule has 1 fully saturated rings. The van der Waals surface area contributed by atoms with E-state index >= 15 is 0 Å². The molecule has 0 aromatic heterocycles. The maximum Gasteiger partial charge on any atom is 0.255 e. The lowest BCUT2D eigenvalue weighted by atomic mass is 10.2. The average molecular weight is 297 g/mol. The van der Waals surface area contributed by atoms with Crippen LogP contribution >= 0.6 is 0 Å². The first-order valence-corrected chi connectivity index (χ1v) is 7.44. The van der Waals surface area contributed by atoms with Crippen LogP contribution in [0.1, 0.15) is 12.5 Å². The van der Waals surface area contributed by atoms with Crippen LogP contribution in [0.5, 0.6) is 5.75 Å². The van der Waals surface area contributed by atoms with Crippen molar-refractivity contribution in [2.45, 2.75) is 19.6 Å². The van der Waals surface area contributed by atoms with Gasteiger partial charge >= 0.3 is 0 Å². The largest absolute Gasteiger partial charge is 0.489 e. The van der Waals surface area contributed by atoms with Crippen LogP contribution in [0.15, 0.2) is 54.6 Å². The SMILES string of the molecule is CC1OCCN(c2ccc(OCc3ccccc3)cc2)C1=O. The third-order valence-corrected chi connectivity index (χ3v) is 3.69. The van der Waals surface area contributed by atoms with Crippen LogP contribution in [-0.4, -0.2) is 25.2 Å². The molecule has 2 aromatic carbocycles. The Hall–Kier alpha value is -2.33. The summed E-state index contributed by atoms with van der Waals surface area (Å²) >= 11 is 0. The molecule has 0 saturated carbocycles. The molecule has 0 radical (unpaired) electrons. The van der Waals surface area contributed by atoms with E-state index in [0.717, 1.165) is 17.0 Å². The Kier molecular flexibility index (Phi) is 4.39. The lowest BCUT2D eigenvalue weighted by molar-refractivity contribution is -0.132. The number of anilines is 1. The molecule has 0 spiro atoms. The molecule has 0 N–H and O–H groups in total. The third-order valence-electron chi connectivity index (χ3n) is 3.69. The molecule has 1 saturated heterocycles. The number of carbonyl (C=O) groups excluding carboxylic acids is 1. The van der Waals surface area contributed by atoms with E-state index in [1.165, 1.54) is 0 Å². The van der Waals surface area contributed by atoms with Crippen molar-refractivity contribution in [1.82, 2.24) is 0 Å². The fraction of sp³-hybridized carbons (Fsp3) is 0.278. The van der Waals surface area contributed by atoms with Crippen molar-refractivity contribution in [3.8, 4) is 5.75 Å². The highest BCUT2D eigenvalue weighted by Gasteiger charge is 2.26. The number of morpholine rings is 1. The fourth-order valence-electron chi connectivity index (χ4n) is 2.44. The summed E-state index contributed by atoms with van der Waals surface area (Å²) in [6, 6.07) is 17.6. The Morgan fingerprint density at radius 3 is 2.59 bits per heavy atom. The summed E-state index contributed by atoms with van der Waals surface area (Å²) in [6.45, 7) is 3.48. The summed E-state index contributed by atoms with van der Waals surface area (Å²) in [5, 5.41) is 0. The molecular formula is C18H19NO3. The number of nitrogens with zero attached hydrogens (tertiary/aromatic N) is 1. The van der Waals surface area contributed by atoms with Crippen molar-refractivity contribution in [3.05, 3.63) is 60.2 Å². The predicted octanol–water partition coefficient (Wildman–Crippen LogP) is 3.02. The van der Waals surface area contributed by atoms with Gasteiger partial charge in [0.1, 0.15) is 18.5 Å². The van der Waals surface area contributed by atoms with Crippen LogP contribution in [0.3, 0.4) is 0 Å². The van der Waals surface area contributed by atoms with Crippen LogP contribution < -0.4 is 9.64 Å². The van der Waals surface area contributed by atoms with Gasteiger partial charge in [0, 0.05) is 12.2 Å². The van der Waals surface area contributed by atoms with Crippen molar-refractivity contribution in [2.75, 3.05) is 18.1 Å². The van der Waals surface area contributed by atoms with Crippen LogP contribution in [0, 0.1) is 0 Å². The van der Waals surface area contributed by atoms with Gasteiger partial charge in [-0.25, -0.2) is 0 Å². The molecule has 1 aliphatic rings. The number of hydrogen-bond donors (Lipinski definition) is 0. The Balaban J connectivity index is 1.64. The van der Waals surface area contributed by atoms with E-state index < -0.39 is 0 Å². The zero-order valence-corrected chi connectivity index (χ0v) is 12.6. The first kappa shape index (κ1) is 14.6. The predicted molar refractivity (Wildman–Crippen MR) is 85.0 cm³/mol. The van der Waals surface area contributed by atoms with Gasteiger partial charge in [-0.15, -0.1) is 0 Å². The van der Waals surface area contributed by atoms with Gasteiger partial charge in [-0.3, -0.25) is 4.79 Å². The molecule has 1 heterocycles. The molecule has 2 aromatic rings. The van der Waals surface area contributed by atoms with Crippen LogP contribution in [0.2, 0.25) is 0 Å². The fourth-order valence-corrected chi connectivity index (χ4v) is 2.44. The van der Waals surface area contributed by atoms with E-state index in [1.807, 2.05) is 54.6 Å². The Bertz CT molecular complexity index is 625. The van der Waals surface area contributed by atoms with Crippen molar-refractivity contribution >= 4 is 11.6 Å². The van der Waals surface area contributed by atoms with E-state index in [0.29, 0.717) is 19.8 Å². The Morgan fingerprint density at radius 1 is 1.14 bits per heavy atom. The molecule has 22 heavy (non-hydrogen) atoms. The van der Waals surface area contributed by atoms with Gasteiger partial charge in [0.05, 0.1) is 6.61 Å². The first-order chi connectivity index (χ1) is 10.7. The molecule has 0 bridgehead atoms. The first-order valence-electron chi connectivity index (χ1n) is 7.44. The molecule has 4 heteroatoms. The van der Waals surface area contributed by atoms with Crippen molar-refractivity contribution in [1.29, 1.82) is 0 Å². The summed E-state index contributed by atoms with van der Waals surface area (Å²) in [4.78, 5) is 13.9. The second-order valence-corrected chi connectivity index (χ2v) is 5.27. The Morgan fingerprint density at radius 2 is 1.86 bits per heavy atom. The van der Waals surface area contributed by atoms with Crippen molar-refractivity contribution < 1.29 is 14.3 Å². The Labute approximate surface area is 130 Å². The van der Waals surface area contributed by atoms with Gasteiger partial charge in [-0.05, 0) is 36.8 Å². The minimum atomic E-state index is -0.372. The third kappa shape index (κ3) is 3.28. The van der Waals surface area contributed by atoms with Crippen molar-refractivity contribution in [3.63, 3.8) is 0 Å². The lowest BCUT2D eigenvalue weighted by Gasteiger charge is -2.30. The molecule has 4 nitrogen and oxygen atoms in total. The van der Waals surface area contributed by atoms with Gasteiger partial charge in [0.15, 0.2) is 0 Å². The minimum absolute atomic E-state index is 0.00389. The number of hydrogen-bond acceptors (Lipinski definition) is 3. The van der Waals surface area contributed by atoms with Gasteiger partial charge in [-0.1, -0.05) is 30.3 Å². The van der Waals surface area contributed by atoms with Crippen LogP contribution in [0.4, 0.5) is 5.69 Å². The second-order valence-electron chi connectivity index (χ2n) is 5.27. The van der Waals surface area contributed by atoms with E-state index in [9.17, 15) is 4.79 Å². The molecule has 1 atom stereocenters. The van der Waals surface area contributed by atoms with Crippen LogP contribution in [-0.2, 0) is 16.1 Å². The van der Waals surface area contributed by atoms with Gasteiger partial charge in [0.25, 0.3) is 5.91 Å². The highest BCUT2D eigenvalue weighted by atomic mass is 16.5. The monoisotopic (exact) mass is 297 g/mol. The smallest absolute Gasteiger partial charge is 0.255 e. The number of carbonyl (C=O) groups is 1. The molecule has 0 aliphatic carbocycles. The number of ether oxygens (including phenoxy) is 2. The molecule has 1 aliphatic heterocycles. The molecule has 1 unspecified atom stereocenters. The van der Waals surface area contributed by atoms with Gasteiger partial charge in [0.2, 0.25) is 0 Å². The highest BCUT2D eigenvalue weighted by molar-refractivity contribution is 5.96. The maximum atomic E-state index is 12.1. The topological polar surface area (TPSA) is 38.8 Å². The summed E-state index contributed by atoms with van der Waals surface area (Å²) in [5.41, 5.74) is 2.01.